The molecule has 0 saturated carbocycles. The lowest BCUT2D eigenvalue weighted by Gasteiger charge is -2.41. The summed E-state index contributed by atoms with van der Waals surface area (Å²) in [6.45, 7) is 16.6. The van der Waals surface area contributed by atoms with Crippen molar-refractivity contribution in [3.05, 3.63) is 162 Å². The van der Waals surface area contributed by atoms with Crippen LogP contribution in [0.4, 0.5) is 11.4 Å². The molecule has 0 spiro atoms. The molecule has 1 aliphatic carbocycles. The lowest BCUT2D eigenvalue weighted by Crippen LogP contribution is -2.37. The summed E-state index contributed by atoms with van der Waals surface area (Å²) in [7, 11) is 2.44. The quantitative estimate of drug-likeness (QED) is 0.178. The van der Waals surface area contributed by atoms with Gasteiger partial charge >= 0.3 is 0 Å². The first-order valence-corrected chi connectivity index (χ1v) is 25.7. The predicted molar refractivity (Wildman–Crippen MR) is 296 cm³/mol. The summed E-state index contributed by atoms with van der Waals surface area (Å²) in [5.41, 5.74) is 17.2. The third kappa shape index (κ3) is 5.96. The maximum atomic E-state index is 6.69. The van der Waals surface area contributed by atoms with Gasteiger partial charge in [-0.15, -0.1) is 22.7 Å². The molecular weight excluding hydrogens is 864 g/mol. The molecule has 1 N–H and O–H groups in total. The molecule has 0 bridgehead atoms. The Balaban J connectivity index is 1.05. The van der Waals surface area contributed by atoms with Crippen LogP contribution >= 0.6 is 22.7 Å². The highest BCUT2D eigenvalue weighted by Crippen LogP contribution is 2.51. The molecule has 2 aliphatic rings. The van der Waals surface area contributed by atoms with Crippen LogP contribution in [0.1, 0.15) is 78.0 Å². The molecule has 1 aliphatic heterocycles. The summed E-state index contributed by atoms with van der Waals surface area (Å²) < 4.78 is 14.6. The van der Waals surface area contributed by atoms with Crippen LogP contribution in [0.2, 0.25) is 0 Å². The van der Waals surface area contributed by atoms with E-state index in [2.05, 4.69) is 211 Å². The van der Waals surface area contributed by atoms with Crippen molar-refractivity contribution >= 4 is 125 Å². The average molecular weight is 914 g/mol. The number of fused-ring (bicyclic) bond motifs is 13. The topological polar surface area (TPSA) is 30.1 Å². The monoisotopic (exact) mass is 913 g/mol. The molecule has 0 atom stereocenters. The molecule has 3 nitrogen and oxygen atoms in total. The lowest BCUT2D eigenvalue weighted by molar-refractivity contribution is 0.332. The summed E-state index contributed by atoms with van der Waals surface area (Å²) in [4.78, 5) is 0. The van der Waals surface area contributed by atoms with Crippen LogP contribution in [-0.4, -0.2) is 11.8 Å². The highest BCUT2D eigenvalue weighted by molar-refractivity contribution is 7.26. The fourth-order valence-corrected chi connectivity index (χ4v) is 14.0. The number of aromatic nitrogens is 1. The zero-order valence-electron chi connectivity index (χ0n) is 39.5. The van der Waals surface area contributed by atoms with Crippen LogP contribution < -0.4 is 16.2 Å². The molecule has 1 radical (unpaired) electrons. The molecule has 5 heterocycles. The first-order valence-electron chi connectivity index (χ1n) is 24.1. The summed E-state index contributed by atoms with van der Waals surface area (Å²) >= 11 is 3.82. The van der Waals surface area contributed by atoms with Crippen molar-refractivity contribution in [2.24, 2.45) is 0 Å². The minimum atomic E-state index is 0.0667. The molecule has 68 heavy (non-hydrogen) atoms. The molecule has 14 rings (SSSR count). The second kappa shape index (κ2) is 14.0. The second-order valence-electron chi connectivity index (χ2n) is 21.9. The number of anilines is 2. The van der Waals surface area contributed by atoms with E-state index in [1.807, 2.05) is 22.7 Å². The van der Waals surface area contributed by atoms with Gasteiger partial charge in [0.05, 0.1) is 5.52 Å². The van der Waals surface area contributed by atoms with Crippen molar-refractivity contribution < 1.29 is 4.42 Å². The Hall–Kier alpha value is -6.60. The Morgan fingerprint density at radius 1 is 0.588 bits per heavy atom. The molecular formula is C62H50BN2OS2. The smallest absolute Gasteiger partial charge is 0.198 e. The molecule has 0 unspecified atom stereocenters. The minimum absolute atomic E-state index is 0.0667. The van der Waals surface area contributed by atoms with Gasteiger partial charge in [-0.1, -0.05) is 127 Å². The summed E-state index contributed by atoms with van der Waals surface area (Å²) in [6, 6.07) is 54.9. The van der Waals surface area contributed by atoms with Crippen LogP contribution in [0.25, 0.3) is 101 Å². The highest BCUT2D eigenvalue weighted by Gasteiger charge is 2.38. The van der Waals surface area contributed by atoms with Crippen LogP contribution in [0.15, 0.2) is 150 Å². The average Bonchev–Trinajstić information content (AvgIpc) is 4.09. The Bertz CT molecular complexity index is 4120. The van der Waals surface area contributed by atoms with Gasteiger partial charge in [-0.3, -0.25) is 0 Å². The first kappa shape index (κ1) is 40.5. The van der Waals surface area contributed by atoms with E-state index in [1.165, 1.54) is 114 Å². The van der Waals surface area contributed by atoms with Crippen LogP contribution in [0.3, 0.4) is 0 Å². The number of rotatable bonds is 4. The minimum Gasteiger partial charge on any atom is -0.456 e. The molecule has 0 fully saturated rings. The standard InChI is InChI=1S/C62H50BN2OS2/c1-60(2,3)36-17-19-37(20-18-36)64-49-33-57-43(44-28-46-47(31-56(44)68-57)62(6,7)24-23-61(46,4)5)27-41(49)39-21-22-40-42-30-55-45(38-15-11-12-16-54(38)67-55)29-50(42)65-51-25-35-26-52(34-13-9-8-10-14-34)66-53(35)32-48(51)63-58(39)59(40)65/h8-22,25-33,64H,23-24H2,1-7H3. The van der Waals surface area contributed by atoms with Gasteiger partial charge in [0.1, 0.15) is 11.3 Å². The number of hydrogen-bond donors (Lipinski definition) is 1. The van der Waals surface area contributed by atoms with Gasteiger partial charge in [-0.2, -0.15) is 0 Å². The molecule has 329 valence electrons. The van der Waals surface area contributed by atoms with Gasteiger partial charge in [0.15, 0.2) is 7.28 Å². The Morgan fingerprint density at radius 3 is 2.07 bits per heavy atom. The van der Waals surface area contributed by atoms with Crippen LogP contribution in [0.5, 0.6) is 0 Å². The van der Waals surface area contributed by atoms with Gasteiger partial charge in [0, 0.05) is 90.2 Å². The normalized spacial score (nSPS) is 15.2. The van der Waals surface area contributed by atoms with Crippen molar-refractivity contribution in [2.75, 3.05) is 5.32 Å². The number of benzene rings is 8. The summed E-state index contributed by atoms with van der Waals surface area (Å²) in [5.74, 6) is 0.880. The third-order valence-electron chi connectivity index (χ3n) is 15.6. The lowest BCUT2D eigenvalue weighted by atomic mass is 9.59. The second-order valence-corrected chi connectivity index (χ2v) is 24.1. The molecule has 6 heteroatoms. The number of hydrogen-bond acceptors (Lipinski definition) is 4. The Kier molecular flexibility index (Phi) is 8.33. The van der Waals surface area contributed by atoms with E-state index >= 15 is 0 Å². The van der Waals surface area contributed by atoms with Gasteiger partial charge in [0.2, 0.25) is 0 Å². The van der Waals surface area contributed by atoms with Gasteiger partial charge in [-0.25, -0.2) is 0 Å². The van der Waals surface area contributed by atoms with Crippen LogP contribution in [-0.2, 0) is 16.2 Å². The fourth-order valence-electron chi connectivity index (χ4n) is 11.7. The largest absolute Gasteiger partial charge is 0.456 e. The van der Waals surface area contributed by atoms with E-state index in [0.717, 1.165) is 39.1 Å². The molecule has 8 aromatic carbocycles. The first-order chi connectivity index (χ1) is 32.8. The molecule has 12 aromatic rings. The van der Waals surface area contributed by atoms with E-state index in [1.54, 1.807) is 0 Å². The number of nitrogens with one attached hydrogen (secondary N) is 1. The van der Waals surface area contributed by atoms with E-state index in [0.29, 0.717) is 0 Å². The predicted octanol–water partition coefficient (Wildman–Crippen LogP) is 17.0. The van der Waals surface area contributed by atoms with Gasteiger partial charge in [0.25, 0.3) is 0 Å². The van der Waals surface area contributed by atoms with Crippen molar-refractivity contribution in [3.63, 3.8) is 0 Å². The van der Waals surface area contributed by atoms with E-state index in [4.69, 9.17) is 4.42 Å². The fraction of sp³-hybridized carbons (Fsp3) is 0.194. The number of thiophene rings is 2. The Labute approximate surface area is 405 Å². The third-order valence-corrected chi connectivity index (χ3v) is 17.9. The highest BCUT2D eigenvalue weighted by atomic mass is 32.1. The van der Waals surface area contributed by atoms with Crippen molar-refractivity contribution in [1.29, 1.82) is 0 Å². The van der Waals surface area contributed by atoms with Crippen molar-refractivity contribution in [2.45, 2.75) is 77.6 Å². The van der Waals surface area contributed by atoms with Gasteiger partial charge in [-0.05, 0) is 130 Å². The van der Waals surface area contributed by atoms with Gasteiger partial charge < -0.3 is 14.3 Å². The van der Waals surface area contributed by atoms with E-state index in [9.17, 15) is 0 Å². The molecule has 0 amide bonds. The van der Waals surface area contributed by atoms with Crippen molar-refractivity contribution in [3.8, 4) is 28.1 Å². The van der Waals surface area contributed by atoms with Crippen LogP contribution in [0, 0.1) is 0 Å². The van der Waals surface area contributed by atoms with Crippen molar-refractivity contribution in [1.82, 2.24) is 4.57 Å². The molecule has 0 saturated heterocycles. The SMILES string of the molecule is CC(C)(C)c1ccc(Nc2cc3sc4cc5c(cc4c3cc2-c2ccc3c4cc6sc7ccccc7c6cc4n4c3c2[B]c2cc3oc(-c6ccccc6)cc3cc2-4)C(C)(C)CCC5(C)C)cc1. The number of furan rings is 1. The molecule has 4 aromatic heterocycles. The maximum Gasteiger partial charge on any atom is 0.198 e. The Morgan fingerprint density at radius 2 is 1.28 bits per heavy atom. The maximum absolute atomic E-state index is 6.69. The number of nitrogens with zero attached hydrogens (tertiary/aromatic N) is 1. The summed E-state index contributed by atoms with van der Waals surface area (Å²) in [6.07, 6.45) is 2.39. The summed E-state index contributed by atoms with van der Waals surface area (Å²) in [5, 5.41) is 12.9. The van der Waals surface area contributed by atoms with E-state index in [-0.39, 0.29) is 16.2 Å². The zero-order chi connectivity index (χ0) is 46.0. The van der Waals surface area contributed by atoms with E-state index < -0.39 is 0 Å². The zero-order valence-corrected chi connectivity index (χ0v) is 41.2.